The second-order valence-electron chi connectivity index (χ2n) is 19.8. The van der Waals surface area contributed by atoms with Gasteiger partial charge in [-0.1, -0.05) is 53.5 Å². The molecule has 5 aliphatic heterocycles. The van der Waals surface area contributed by atoms with E-state index in [0.717, 1.165) is 60.7 Å². The van der Waals surface area contributed by atoms with E-state index in [1.165, 1.54) is 25.2 Å². The summed E-state index contributed by atoms with van der Waals surface area (Å²) in [6, 6.07) is 6.82. The number of carboxylic acid groups (broad SMARTS) is 1. The van der Waals surface area contributed by atoms with Gasteiger partial charge in [-0.2, -0.15) is 0 Å². The fourth-order valence-corrected chi connectivity index (χ4v) is 10.3. The van der Waals surface area contributed by atoms with E-state index in [2.05, 4.69) is 42.6 Å². The van der Waals surface area contributed by atoms with Crippen molar-refractivity contribution in [1.29, 1.82) is 0 Å². The monoisotopic (exact) mass is 1210 g/mol. The van der Waals surface area contributed by atoms with E-state index in [1.54, 1.807) is 24.3 Å². The fourth-order valence-electron chi connectivity index (χ4n) is 9.86. The first-order valence-electron chi connectivity index (χ1n) is 25.6. The lowest BCUT2D eigenvalue weighted by Crippen LogP contribution is -2.59. The molecule has 0 saturated heterocycles. The van der Waals surface area contributed by atoms with E-state index in [1.807, 2.05) is 0 Å². The number of hydrogen-bond acceptors (Lipinski definition) is 19. The summed E-state index contributed by atoms with van der Waals surface area (Å²) < 4.78 is 12.3. The van der Waals surface area contributed by atoms with Crippen molar-refractivity contribution in [2.45, 2.75) is 67.3 Å². The Morgan fingerprint density at radius 1 is 0.647 bits per heavy atom. The highest BCUT2D eigenvalue weighted by Gasteiger charge is 2.42. The third-order valence-electron chi connectivity index (χ3n) is 14.2. The first kappa shape index (κ1) is 59.7. The lowest BCUT2D eigenvalue weighted by atomic mass is 9.89. The number of primary amides is 1. The van der Waals surface area contributed by atoms with Crippen LogP contribution in [0.15, 0.2) is 103 Å². The van der Waals surface area contributed by atoms with Crippen LogP contribution in [0.25, 0.3) is 11.1 Å². The number of nitrogens with two attached hydrogens (primary N) is 2. The summed E-state index contributed by atoms with van der Waals surface area (Å²) in [5, 5.41) is 96.5. The Morgan fingerprint density at radius 3 is 1.87 bits per heavy atom. The van der Waals surface area contributed by atoms with Crippen LogP contribution in [0.2, 0.25) is 10.0 Å². The van der Waals surface area contributed by atoms with Gasteiger partial charge in [-0.3, -0.25) is 39.4 Å². The number of halogens is 2. The van der Waals surface area contributed by atoms with Crippen LogP contribution in [-0.4, -0.2) is 114 Å². The normalized spacial score (nSPS) is 21.6. The Bertz CT molecular complexity index is 3740. The zero-order valence-electron chi connectivity index (χ0n) is 44.0. The van der Waals surface area contributed by atoms with Crippen molar-refractivity contribution in [3.8, 4) is 57.1 Å². The molecule has 11 bridgehead atoms. The van der Waals surface area contributed by atoms with Crippen LogP contribution < -0.4 is 63.7 Å². The van der Waals surface area contributed by atoms with Crippen LogP contribution in [0.4, 0.5) is 5.69 Å². The van der Waals surface area contributed by atoms with Crippen LogP contribution in [0.3, 0.4) is 0 Å². The molecule has 0 unspecified atom stereocenters. The van der Waals surface area contributed by atoms with Crippen LogP contribution in [0, 0.1) is 0 Å². The van der Waals surface area contributed by atoms with E-state index in [9.17, 15) is 64.5 Å². The number of rotatable bonds is 9. The van der Waals surface area contributed by atoms with Crippen molar-refractivity contribution in [3.05, 3.63) is 147 Å². The number of aliphatic hydroxyl groups excluding tert-OH is 2. The number of likely N-dealkylation sites (N-methyl/N-ethyl adjacent to an activating group) is 1. The highest BCUT2D eigenvalue weighted by atomic mass is 35.5. The molecule has 29 heteroatoms. The predicted molar refractivity (Wildman–Crippen MR) is 299 cm³/mol. The fraction of sp³-hybridized carbons (Fsp3) is 0.214. The molecule has 27 nitrogen and oxygen atoms in total. The molecule has 5 heterocycles. The van der Waals surface area contributed by atoms with Crippen LogP contribution in [-0.2, 0) is 44.8 Å². The molecular formula is C56H52Cl2N10O17. The van der Waals surface area contributed by atoms with E-state index < -0.39 is 159 Å². The molecule has 85 heavy (non-hydrogen) atoms. The summed E-state index contributed by atoms with van der Waals surface area (Å²) in [4.78, 5) is 115. The van der Waals surface area contributed by atoms with Gasteiger partial charge in [-0.25, -0.2) is 4.79 Å². The second kappa shape index (κ2) is 24.5. The maximum absolute atomic E-state index is 15.4. The number of nitrogen functional groups attached to an aromatic ring is 1. The maximum Gasteiger partial charge on any atom is 0.330 e. The predicted octanol–water partition coefficient (Wildman–Crippen LogP) is 1.88. The summed E-state index contributed by atoms with van der Waals surface area (Å²) in [6.45, 7) is 0. The van der Waals surface area contributed by atoms with Gasteiger partial charge in [0, 0.05) is 28.4 Å². The number of phenolic OH excluding ortho intramolecular Hbond substituents is 4. The Hall–Kier alpha value is -9.90. The minimum atomic E-state index is -2.20. The average Bonchev–Trinajstić information content (AvgIpc) is 2.76. The first-order chi connectivity index (χ1) is 40.4. The number of hydrazine groups is 1. The Morgan fingerprint density at radius 2 is 1.26 bits per heavy atom. The van der Waals surface area contributed by atoms with Gasteiger partial charge in [0.1, 0.15) is 71.2 Å². The molecule has 0 spiro atoms. The highest BCUT2D eigenvalue weighted by Crippen LogP contribution is 2.48. The number of aromatic hydroxyl groups is 4. The summed E-state index contributed by atoms with van der Waals surface area (Å²) in [5.74, 6) is -9.64. The van der Waals surface area contributed by atoms with Crippen molar-refractivity contribution in [2.24, 2.45) is 11.6 Å². The number of aliphatic carboxylic acids is 1. The summed E-state index contributed by atoms with van der Waals surface area (Å²) in [7, 11) is 1.46. The molecule has 0 aromatic heterocycles. The molecule has 7 amide bonds. The molecule has 11 rings (SSSR count). The van der Waals surface area contributed by atoms with E-state index in [4.69, 9.17) is 44.3 Å². The number of aliphatic hydroxyl groups is 2. The maximum atomic E-state index is 15.4. The second-order valence-corrected chi connectivity index (χ2v) is 20.6. The van der Waals surface area contributed by atoms with Crippen LogP contribution in [0.5, 0.6) is 46.0 Å². The lowest BCUT2D eigenvalue weighted by molar-refractivity contribution is -0.143. The number of amides is 7. The SMILES string of the molecule is CN[C@H](Cc1cccc(NN)c1)C(=O)N[C@H]1C(=O)N[C@@H](CC(N)=O)C(=O)N[C@H]2C(=O)N[C@H]3C(=O)N[C@H](C(=O)N[C@H](C(=O)O)c4cc(O)cc(O)c4-c4cc3ccc4O)[C@H](O)c3ccc(c(Cl)c3)Oc3cc2cc(c3O)Oc2ccc(cc2Cl)[C@H]1O. The molecule has 9 atom stereocenters. The van der Waals surface area contributed by atoms with Gasteiger partial charge in [0.25, 0.3) is 0 Å². The Balaban J connectivity index is 1.22. The number of hydrogen-bond donors (Lipinski definition) is 17. The molecule has 6 aromatic carbocycles. The summed E-state index contributed by atoms with van der Waals surface area (Å²) in [5.41, 5.74) is 6.87. The van der Waals surface area contributed by atoms with E-state index in [0.29, 0.717) is 11.3 Å². The van der Waals surface area contributed by atoms with Crippen LogP contribution >= 0.6 is 23.2 Å². The average molecular weight is 1210 g/mol. The summed E-state index contributed by atoms with van der Waals surface area (Å²) >= 11 is 13.6. The first-order valence-corrected chi connectivity index (χ1v) is 26.3. The van der Waals surface area contributed by atoms with Crippen molar-refractivity contribution < 1.29 is 83.6 Å². The third-order valence-corrected chi connectivity index (χ3v) is 14.7. The van der Waals surface area contributed by atoms with Crippen LogP contribution in [0.1, 0.15) is 70.1 Å². The largest absolute Gasteiger partial charge is 0.508 e. The third kappa shape index (κ3) is 12.6. The number of phenols is 4. The molecule has 5 aliphatic rings. The van der Waals surface area contributed by atoms with Crippen molar-refractivity contribution >= 4 is 76.2 Å². The number of anilines is 1. The van der Waals surface area contributed by atoms with Gasteiger partial charge in [-0.05, 0) is 108 Å². The number of ether oxygens (including phenoxy) is 2. The van der Waals surface area contributed by atoms with Gasteiger partial charge in [0.2, 0.25) is 47.1 Å². The zero-order chi connectivity index (χ0) is 61.3. The molecule has 19 N–H and O–H groups in total. The number of nitrogens with one attached hydrogen (secondary N) is 8. The number of benzene rings is 6. The van der Waals surface area contributed by atoms with Crippen molar-refractivity contribution in [3.63, 3.8) is 0 Å². The van der Waals surface area contributed by atoms with Gasteiger partial charge >= 0.3 is 5.97 Å². The minimum Gasteiger partial charge on any atom is -0.508 e. The molecule has 6 aromatic rings. The Kier molecular flexibility index (Phi) is 17.2. The molecule has 0 radical (unpaired) electrons. The quantitative estimate of drug-likeness (QED) is 0.0726. The number of carboxylic acids is 1. The molecule has 442 valence electrons. The zero-order valence-corrected chi connectivity index (χ0v) is 45.6. The smallest absolute Gasteiger partial charge is 0.330 e. The molecule has 0 fully saturated rings. The molecule has 0 aliphatic carbocycles. The number of carbonyl (C=O) groups excluding carboxylic acids is 7. The standard InChI is InChI=1S/C56H52Cl2N10O17/c1-61-32(12-21-3-2-4-26(11-21)68-60)50(76)66-45-47(73)23-6-9-36(30(57)14-23)84-38-16-25-17-39(49(38)75)85-37-10-7-24(15-31(37)58)48(74)46-55(81)65-44(56(82)83)29-18-27(69)19-35(71)41(29)28-13-22(5-8-34(28)70)42(52(78)67-46)64-53(79)43(25)63-51(77)33(20-40(59)72)62-54(45)80/h2-11,13-19,32-33,42-48,61,68-71,73-75H,12,20,60H2,1H3,(H2,59,72)(H,62,80)(H,63,77)(H,64,79)(H,65,81)(H,66,76)(H,67,78)(H,82,83)/t32-,33+,42-,43-,44+,45-,46+,47-,48-/m1/s1. The molecular weight excluding hydrogens is 1160 g/mol. The number of fused-ring (bicyclic) bond motifs is 15. The summed E-state index contributed by atoms with van der Waals surface area (Å²) in [6.07, 6.45) is -5.12. The van der Waals surface area contributed by atoms with E-state index in [-0.39, 0.29) is 50.2 Å². The van der Waals surface area contributed by atoms with Crippen molar-refractivity contribution in [1.82, 2.24) is 37.2 Å². The minimum absolute atomic E-state index is 0.0137. The highest BCUT2D eigenvalue weighted by molar-refractivity contribution is 6.32. The van der Waals surface area contributed by atoms with Gasteiger partial charge in [0.15, 0.2) is 17.5 Å². The topological polar surface area (TPSA) is 445 Å². The van der Waals surface area contributed by atoms with Gasteiger partial charge in [-0.15, -0.1) is 0 Å². The van der Waals surface area contributed by atoms with Gasteiger partial charge < -0.3 is 93.6 Å². The van der Waals surface area contributed by atoms with Crippen molar-refractivity contribution in [2.75, 3.05) is 12.5 Å². The number of carbonyl (C=O) groups is 8. The molecule has 0 saturated carbocycles. The lowest BCUT2D eigenvalue weighted by Gasteiger charge is -2.31. The van der Waals surface area contributed by atoms with E-state index >= 15 is 9.59 Å². The van der Waals surface area contributed by atoms with Gasteiger partial charge in [0.05, 0.1) is 22.5 Å². The Labute approximate surface area is 490 Å².